The van der Waals surface area contributed by atoms with Crippen molar-refractivity contribution in [1.29, 1.82) is 0 Å². The largest absolute Gasteiger partial charge is 0.348 e. The molecular weight excluding hydrogens is 392 g/mol. The standard InChI is InChI=1S/C14H12BrClN2O3S/c15-12-6-5-10(22(17,20)21)7-11(12)14(19)18-8-9-3-1-2-4-13(9)16/h1-7H,8H2,(H,18,19)(H2,17,20,21). The summed E-state index contributed by atoms with van der Waals surface area (Å²) in [6.07, 6.45) is 0. The Hall–Kier alpha value is -1.41. The Morgan fingerprint density at radius 1 is 1.23 bits per heavy atom. The smallest absolute Gasteiger partial charge is 0.252 e. The number of carbonyl (C=O) groups is 1. The van der Waals surface area contributed by atoms with Crippen molar-refractivity contribution in [1.82, 2.24) is 5.32 Å². The molecule has 3 N–H and O–H groups in total. The van der Waals surface area contributed by atoms with Crippen LogP contribution in [0.2, 0.25) is 5.02 Å². The molecule has 0 radical (unpaired) electrons. The van der Waals surface area contributed by atoms with E-state index >= 15 is 0 Å². The van der Waals surface area contributed by atoms with Gasteiger partial charge in [0.15, 0.2) is 0 Å². The maximum atomic E-state index is 12.2. The molecule has 8 heteroatoms. The molecule has 0 aliphatic rings. The van der Waals surface area contributed by atoms with E-state index in [1.54, 1.807) is 18.2 Å². The number of halogens is 2. The van der Waals surface area contributed by atoms with E-state index < -0.39 is 15.9 Å². The number of amides is 1. The van der Waals surface area contributed by atoms with Gasteiger partial charge in [-0.3, -0.25) is 4.79 Å². The second-order valence-corrected chi connectivity index (χ2v) is 7.28. The Morgan fingerprint density at radius 2 is 1.91 bits per heavy atom. The second-order valence-electron chi connectivity index (χ2n) is 4.46. The van der Waals surface area contributed by atoms with Crippen LogP contribution in [0.15, 0.2) is 51.8 Å². The lowest BCUT2D eigenvalue weighted by Gasteiger charge is -2.09. The third-order valence-electron chi connectivity index (χ3n) is 2.91. The molecule has 0 heterocycles. The van der Waals surface area contributed by atoms with Crippen LogP contribution in [0.5, 0.6) is 0 Å². The predicted molar refractivity (Wildman–Crippen MR) is 88.1 cm³/mol. The lowest BCUT2D eigenvalue weighted by molar-refractivity contribution is 0.0950. The molecule has 0 saturated carbocycles. The molecule has 0 bridgehead atoms. The SMILES string of the molecule is NS(=O)(=O)c1ccc(Br)c(C(=O)NCc2ccccc2Cl)c1. The molecule has 0 saturated heterocycles. The number of benzene rings is 2. The average molecular weight is 404 g/mol. The highest BCUT2D eigenvalue weighted by atomic mass is 79.9. The number of primary sulfonamides is 1. The van der Waals surface area contributed by atoms with Gasteiger partial charge in [0.2, 0.25) is 10.0 Å². The maximum absolute atomic E-state index is 12.2. The zero-order chi connectivity index (χ0) is 16.3. The van der Waals surface area contributed by atoms with Gasteiger partial charge in [-0.05, 0) is 45.8 Å². The Morgan fingerprint density at radius 3 is 2.55 bits per heavy atom. The van der Waals surface area contributed by atoms with Gasteiger partial charge in [-0.1, -0.05) is 29.8 Å². The van der Waals surface area contributed by atoms with Crippen LogP contribution < -0.4 is 10.5 Å². The summed E-state index contributed by atoms with van der Waals surface area (Å²) in [5, 5.41) is 8.30. The highest BCUT2D eigenvalue weighted by Crippen LogP contribution is 2.21. The Bertz CT molecular complexity index is 825. The number of hydrogen-bond acceptors (Lipinski definition) is 3. The first kappa shape index (κ1) is 17.0. The van der Waals surface area contributed by atoms with Crippen molar-refractivity contribution in [3.63, 3.8) is 0 Å². The van der Waals surface area contributed by atoms with Gasteiger partial charge < -0.3 is 5.32 Å². The van der Waals surface area contributed by atoms with E-state index in [1.807, 2.05) is 6.07 Å². The highest BCUT2D eigenvalue weighted by Gasteiger charge is 2.15. The third-order valence-corrected chi connectivity index (χ3v) is 4.88. The number of sulfonamides is 1. The first-order valence-corrected chi connectivity index (χ1v) is 8.85. The number of hydrogen-bond donors (Lipinski definition) is 2. The maximum Gasteiger partial charge on any atom is 0.252 e. The van der Waals surface area contributed by atoms with E-state index in [4.69, 9.17) is 16.7 Å². The summed E-state index contributed by atoms with van der Waals surface area (Å²) < 4.78 is 23.2. The molecule has 1 amide bonds. The van der Waals surface area contributed by atoms with Gasteiger partial charge in [0.25, 0.3) is 5.91 Å². The number of rotatable bonds is 4. The lowest BCUT2D eigenvalue weighted by atomic mass is 10.2. The Labute approximate surface area is 141 Å². The molecule has 0 aliphatic heterocycles. The fraction of sp³-hybridized carbons (Fsp3) is 0.0714. The molecule has 22 heavy (non-hydrogen) atoms. The zero-order valence-electron chi connectivity index (χ0n) is 11.2. The van der Waals surface area contributed by atoms with Gasteiger partial charge >= 0.3 is 0 Å². The average Bonchev–Trinajstić information content (AvgIpc) is 2.45. The minimum absolute atomic E-state index is 0.126. The van der Waals surface area contributed by atoms with E-state index in [9.17, 15) is 13.2 Å². The van der Waals surface area contributed by atoms with Gasteiger partial charge in [0.1, 0.15) is 0 Å². The molecule has 116 valence electrons. The van der Waals surface area contributed by atoms with Crippen LogP contribution in [0.1, 0.15) is 15.9 Å². The monoisotopic (exact) mass is 402 g/mol. The second kappa shape index (κ2) is 6.78. The van der Waals surface area contributed by atoms with Crippen LogP contribution in [0.4, 0.5) is 0 Å². The summed E-state index contributed by atoms with van der Waals surface area (Å²) in [6, 6.07) is 11.1. The molecule has 0 unspecified atom stereocenters. The number of nitrogens with two attached hydrogens (primary N) is 1. The molecule has 5 nitrogen and oxygen atoms in total. The van der Waals surface area contributed by atoms with Crippen molar-refractivity contribution in [3.8, 4) is 0 Å². The predicted octanol–water partition coefficient (Wildman–Crippen LogP) is 2.68. The van der Waals surface area contributed by atoms with Crippen molar-refractivity contribution in [2.75, 3.05) is 0 Å². The van der Waals surface area contributed by atoms with E-state index in [-0.39, 0.29) is 17.0 Å². The van der Waals surface area contributed by atoms with Crippen molar-refractivity contribution in [3.05, 3.63) is 63.1 Å². The van der Waals surface area contributed by atoms with E-state index in [0.717, 1.165) is 5.56 Å². The summed E-state index contributed by atoms with van der Waals surface area (Å²) in [6.45, 7) is 0.227. The summed E-state index contributed by atoms with van der Waals surface area (Å²) >= 11 is 9.23. The first-order chi connectivity index (χ1) is 10.3. The van der Waals surface area contributed by atoms with Crippen molar-refractivity contribution < 1.29 is 13.2 Å². The molecule has 0 aromatic heterocycles. The van der Waals surface area contributed by atoms with Crippen LogP contribution in [0.25, 0.3) is 0 Å². The van der Waals surface area contributed by atoms with E-state index in [1.165, 1.54) is 18.2 Å². The topological polar surface area (TPSA) is 89.3 Å². The normalized spacial score (nSPS) is 11.2. The fourth-order valence-electron chi connectivity index (χ4n) is 1.77. The minimum Gasteiger partial charge on any atom is -0.348 e. The van der Waals surface area contributed by atoms with Gasteiger partial charge in [-0.15, -0.1) is 0 Å². The van der Waals surface area contributed by atoms with Crippen LogP contribution >= 0.6 is 27.5 Å². The zero-order valence-corrected chi connectivity index (χ0v) is 14.4. The van der Waals surface area contributed by atoms with Gasteiger partial charge in [-0.2, -0.15) is 0 Å². The van der Waals surface area contributed by atoms with Crippen LogP contribution in [0, 0.1) is 0 Å². The summed E-state index contributed by atoms with van der Waals surface area (Å²) in [5.41, 5.74) is 0.940. The van der Waals surface area contributed by atoms with Crippen LogP contribution in [-0.2, 0) is 16.6 Å². The van der Waals surface area contributed by atoms with E-state index in [0.29, 0.717) is 9.50 Å². The molecule has 2 aromatic rings. The lowest BCUT2D eigenvalue weighted by Crippen LogP contribution is -2.24. The van der Waals surface area contributed by atoms with Gasteiger partial charge in [-0.25, -0.2) is 13.6 Å². The molecule has 2 aromatic carbocycles. The quantitative estimate of drug-likeness (QED) is 0.822. The Kier molecular flexibility index (Phi) is 5.23. The molecule has 0 atom stereocenters. The van der Waals surface area contributed by atoms with E-state index in [2.05, 4.69) is 21.2 Å². The molecule has 0 spiro atoms. The van der Waals surface area contributed by atoms with Crippen molar-refractivity contribution >= 4 is 43.5 Å². The first-order valence-electron chi connectivity index (χ1n) is 6.13. The summed E-state index contributed by atoms with van der Waals surface area (Å²) in [5.74, 6) is -0.433. The molecule has 0 aliphatic carbocycles. The molecular formula is C14H12BrClN2O3S. The molecule has 2 rings (SSSR count). The summed E-state index contributed by atoms with van der Waals surface area (Å²) in [7, 11) is -3.87. The van der Waals surface area contributed by atoms with Crippen LogP contribution in [0.3, 0.4) is 0 Å². The molecule has 0 fully saturated rings. The fourth-order valence-corrected chi connectivity index (χ4v) is 2.94. The van der Waals surface area contributed by atoms with Crippen molar-refractivity contribution in [2.24, 2.45) is 5.14 Å². The Balaban J connectivity index is 2.21. The van der Waals surface area contributed by atoms with Gasteiger partial charge in [0.05, 0.1) is 10.5 Å². The minimum atomic E-state index is -3.87. The number of nitrogens with one attached hydrogen (secondary N) is 1. The van der Waals surface area contributed by atoms with Gasteiger partial charge in [0, 0.05) is 16.0 Å². The van der Waals surface area contributed by atoms with Crippen molar-refractivity contribution in [2.45, 2.75) is 11.4 Å². The number of carbonyl (C=O) groups excluding carboxylic acids is 1. The summed E-state index contributed by atoms with van der Waals surface area (Å²) in [4.78, 5) is 12.1. The third kappa shape index (κ3) is 4.07. The highest BCUT2D eigenvalue weighted by molar-refractivity contribution is 9.10. The van der Waals surface area contributed by atoms with Crippen LogP contribution in [-0.4, -0.2) is 14.3 Å².